The molecule has 2 unspecified atom stereocenters. The van der Waals surface area contributed by atoms with Gasteiger partial charge in [0.05, 0.1) is 5.60 Å². The van der Waals surface area contributed by atoms with E-state index in [4.69, 9.17) is 0 Å². The highest BCUT2D eigenvalue weighted by Gasteiger charge is 2.41. The van der Waals surface area contributed by atoms with Crippen molar-refractivity contribution in [3.05, 3.63) is 35.9 Å². The lowest BCUT2D eigenvalue weighted by Gasteiger charge is -2.42. The summed E-state index contributed by atoms with van der Waals surface area (Å²) in [5.74, 6) is 1.14. The molecule has 1 N–H and O–H groups in total. The van der Waals surface area contributed by atoms with Crippen LogP contribution < -0.4 is 0 Å². The lowest BCUT2D eigenvalue weighted by molar-refractivity contribution is -0.0366. The summed E-state index contributed by atoms with van der Waals surface area (Å²) in [5.41, 5.74) is 0.914. The van der Waals surface area contributed by atoms with Gasteiger partial charge >= 0.3 is 0 Å². The normalized spacial score (nSPS) is 32.6. The first-order valence-corrected chi connectivity index (χ1v) is 8.05. The molecule has 3 rings (SSSR count). The number of hydrogen-bond donors (Lipinski definition) is 1. The SMILES string of the molecule is OC1(CC2CCCC2)CCCCC1c1ccccc1. The number of rotatable bonds is 3. The summed E-state index contributed by atoms with van der Waals surface area (Å²) < 4.78 is 0. The Labute approximate surface area is 117 Å². The van der Waals surface area contributed by atoms with E-state index in [0.29, 0.717) is 5.92 Å². The van der Waals surface area contributed by atoms with Gasteiger partial charge in [0, 0.05) is 5.92 Å². The van der Waals surface area contributed by atoms with E-state index < -0.39 is 5.60 Å². The van der Waals surface area contributed by atoms with Crippen molar-refractivity contribution < 1.29 is 5.11 Å². The highest BCUT2D eigenvalue weighted by Crippen LogP contribution is 2.46. The molecule has 2 saturated carbocycles. The van der Waals surface area contributed by atoms with E-state index >= 15 is 0 Å². The minimum absolute atomic E-state index is 0.364. The number of aliphatic hydroxyl groups is 1. The molecule has 2 fully saturated rings. The zero-order valence-electron chi connectivity index (χ0n) is 11.9. The highest BCUT2D eigenvalue weighted by molar-refractivity contribution is 5.24. The third-order valence-electron chi connectivity index (χ3n) is 5.32. The lowest BCUT2D eigenvalue weighted by Crippen LogP contribution is -2.40. The molecule has 19 heavy (non-hydrogen) atoms. The van der Waals surface area contributed by atoms with Gasteiger partial charge in [-0.05, 0) is 30.7 Å². The molecular weight excluding hydrogens is 232 g/mol. The van der Waals surface area contributed by atoms with E-state index in [2.05, 4.69) is 30.3 Å². The van der Waals surface area contributed by atoms with E-state index in [1.807, 2.05) is 0 Å². The predicted octanol–water partition coefficient (Wildman–Crippen LogP) is 4.66. The smallest absolute Gasteiger partial charge is 0.0718 e. The van der Waals surface area contributed by atoms with Crippen LogP contribution in [0.4, 0.5) is 0 Å². The molecule has 1 aromatic carbocycles. The zero-order chi connectivity index (χ0) is 13.1. The van der Waals surface area contributed by atoms with Gasteiger partial charge in [-0.25, -0.2) is 0 Å². The zero-order valence-corrected chi connectivity index (χ0v) is 11.9. The minimum atomic E-state index is -0.436. The Morgan fingerprint density at radius 2 is 1.63 bits per heavy atom. The third kappa shape index (κ3) is 2.86. The van der Waals surface area contributed by atoms with Crippen LogP contribution in [0.15, 0.2) is 30.3 Å². The van der Waals surface area contributed by atoms with Gasteiger partial charge in [0.1, 0.15) is 0 Å². The molecule has 2 atom stereocenters. The van der Waals surface area contributed by atoms with Gasteiger partial charge in [-0.1, -0.05) is 68.9 Å². The van der Waals surface area contributed by atoms with Crippen molar-refractivity contribution in [2.75, 3.05) is 0 Å². The molecule has 2 aliphatic carbocycles. The summed E-state index contributed by atoms with van der Waals surface area (Å²) in [5, 5.41) is 11.2. The minimum Gasteiger partial charge on any atom is -0.389 e. The second-order valence-corrected chi connectivity index (χ2v) is 6.67. The fourth-order valence-electron chi connectivity index (χ4n) is 4.34. The first-order chi connectivity index (χ1) is 9.28. The fraction of sp³-hybridized carbons (Fsp3) is 0.667. The Bertz CT molecular complexity index is 393. The summed E-state index contributed by atoms with van der Waals surface area (Å²) in [6.45, 7) is 0. The van der Waals surface area contributed by atoms with Crippen molar-refractivity contribution >= 4 is 0 Å². The standard InChI is InChI=1S/C18H26O/c19-18(14-15-8-4-5-9-15)13-7-6-12-17(18)16-10-2-1-3-11-16/h1-3,10-11,15,17,19H,4-9,12-14H2. The van der Waals surface area contributed by atoms with Crippen molar-refractivity contribution in [1.29, 1.82) is 0 Å². The molecule has 0 heterocycles. The van der Waals surface area contributed by atoms with Crippen molar-refractivity contribution in [3.63, 3.8) is 0 Å². The average molecular weight is 258 g/mol. The molecule has 1 heteroatoms. The van der Waals surface area contributed by atoms with Crippen LogP contribution in [0.5, 0.6) is 0 Å². The van der Waals surface area contributed by atoms with E-state index in [1.54, 1.807) is 0 Å². The Morgan fingerprint density at radius 1 is 0.947 bits per heavy atom. The number of hydrogen-bond acceptors (Lipinski definition) is 1. The van der Waals surface area contributed by atoms with Crippen LogP contribution in [0.2, 0.25) is 0 Å². The van der Waals surface area contributed by atoms with Gasteiger partial charge in [-0.2, -0.15) is 0 Å². The van der Waals surface area contributed by atoms with Crippen LogP contribution in [0, 0.1) is 5.92 Å². The van der Waals surface area contributed by atoms with Gasteiger partial charge in [-0.3, -0.25) is 0 Å². The number of benzene rings is 1. The van der Waals surface area contributed by atoms with Gasteiger partial charge < -0.3 is 5.11 Å². The van der Waals surface area contributed by atoms with Crippen molar-refractivity contribution in [3.8, 4) is 0 Å². The summed E-state index contributed by atoms with van der Waals surface area (Å²) in [6.07, 6.45) is 11.1. The van der Waals surface area contributed by atoms with Crippen LogP contribution in [-0.4, -0.2) is 10.7 Å². The Balaban J connectivity index is 1.79. The molecule has 2 aliphatic rings. The summed E-state index contributed by atoms with van der Waals surface area (Å²) in [7, 11) is 0. The van der Waals surface area contributed by atoms with E-state index in [1.165, 1.54) is 44.1 Å². The van der Waals surface area contributed by atoms with Crippen LogP contribution >= 0.6 is 0 Å². The molecule has 1 nitrogen and oxygen atoms in total. The molecule has 0 aromatic heterocycles. The molecule has 0 radical (unpaired) electrons. The van der Waals surface area contributed by atoms with Crippen molar-refractivity contribution in [2.45, 2.75) is 69.3 Å². The first-order valence-electron chi connectivity index (χ1n) is 8.05. The van der Waals surface area contributed by atoms with Gasteiger partial charge in [0.2, 0.25) is 0 Å². The monoisotopic (exact) mass is 258 g/mol. The molecule has 0 spiro atoms. The van der Waals surface area contributed by atoms with E-state index in [0.717, 1.165) is 25.2 Å². The maximum atomic E-state index is 11.2. The average Bonchev–Trinajstić information content (AvgIpc) is 2.92. The third-order valence-corrected chi connectivity index (χ3v) is 5.32. The summed E-state index contributed by atoms with van der Waals surface area (Å²) in [4.78, 5) is 0. The molecule has 104 valence electrons. The van der Waals surface area contributed by atoms with Gasteiger partial charge in [0.25, 0.3) is 0 Å². The largest absolute Gasteiger partial charge is 0.389 e. The van der Waals surface area contributed by atoms with Gasteiger partial charge in [-0.15, -0.1) is 0 Å². The summed E-state index contributed by atoms with van der Waals surface area (Å²) >= 11 is 0. The second-order valence-electron chi connectivity index (χ2n) is 6.67. The van der Waals surface area contributed by atoms with Crippen LogP contribution in [0.3, 0.4) is 0 Å². The second kappa shape index (κ2) is 5.66. The Hall–Kier alpha value is -0.820. The molecule has 0 amide bonds. The van der Waals surface area contributed by atoms with Crippen LogP contribution in [0.1, 0.15) is 69.3 Å². The predicted molar refractivity (Wildman–Crippen MR) is 79.2 cm³/mol. The quantitative estimate of drug-likeness (QED) is 0.836. The van der Waals surface area contributed by atoms with Gasteiger partial charge in [0.15, 0.2) is 0 Å². The molecule has 0 saturated heterocycles. The summed E-state index contributed by atoms with van der Waals surface area (Å²) in [6, 6.07) is 10.7. The van der Waals surface area contributed by atoms with Crippen molar-refractivity contribution in [1.82, 2.24) is 0 Å². The Kier molecular flexibility index (Phi) is 3.93. The molecule has 0 bridgehead atoms. The highest BCUT2D eigenvalue weighted by atomic mass is 16.3. The maximum Gasteiger partial charge on any atom is 0.0718 e. The fourth-order valence-corrected chi connectivity index (χ4v) is 4.34. The molecule has 1 aromatic rings. The van der Waals surface area contributed by atoms with Crippen molar-refractivity contribution in [2.24, 2.45) is 5.92 Å². The van der Waals surface area contributed by atoms with E-state index in [-0.39, 0.29) is 0 Å². The maximum absolute atomic E-state index is 11.2. The van der Waals surface area contributed by atoms with E-state index in [9.17, 15) is 5.11 Å². The molecular formula is C18H26O. The van der Waals surface area contributed by atoms with Crippen LogP contribution in [0.25, 0.3) is 0 Å². The van der Waals surface area contributed by atoms with Crippen LogP contribution in [-0.2, 0) is 0 Å². The topological polar surface area (TPSA) is 20.2 Å². The Morgan fingerprint density at radius 3 is 2.37 bits per heavy atom. The molecule has 0 aliphatic heterocycles. The lowest BCUT2D eigenvalue weighted by atomic mass is 9.68. The first kappa shape index (κ1) is 13.2.